The van der Waals surface area contributed by atoms with E-state index in [0.717, 1.165) is 89.9 Å². The minimum Gasteiger partial charge on any atom is -0.462 e. The molecule has 0 saturated carbocycles. The number of carbonyl (C=O) groups excluding carboxylic acids is 2. The van der Waals surface area contributed by atoms with E-state index in [1.54, 1.807) is 0 Å². The van der Waals surface area contributed by atoms with Gasteiger partial charge in [0.2, 0.25) is 0 Å². The predicted octanol–water partition coefficient (Wildman–Crippen LogP) is 23.2. The number of allylic oxidation sites excluding steroid dienone is 18. The number of aliphatic hydroxyl groups is 1. The van der Waals surface area contributed by atoms with Crippen LogP contribution in [0.25, 0.3) is 0 Å². The van der Waals surface area contributed by atoms with E-state index in [2.05, 4.69) is 123 Å². The maximum atomic E-state index is 12.4. The molecule has 0 bridgehead atoms. The van der Waals surface area contributed by atoms with Crippen LogP contribution in [-0.2, 0) is 19.1 Å². The first kappa shape index (κ1) is 74.6. The van der Waals surface area contributed by atoms with Gasteiger partial charge in [-0.15, -0.1) is 0 Å². The third-order valence-corrected chi connectivity index (χ3v) is 14.6. The molecule has 0 aliphatic heterocycles. The van der Waals surface area contributed by atoms with Gasteiger partial charge in [-0.3, -0.25) is 9.59 Å². The number of esters is 2. The van der Waals surface area contributed by atoms with E-state index in [1.807, 2.05) is 0 Å². The molecule has 0 aromatic heterocycles. The highest BCUT2D eigenvalue weighted by atomic mass is 16.6. The van der Waals surface area contributed by atoms with E-state index in [9.17, 15) is 14.7 Å². The van der Waals surface area contributed by atoms with Crippen LogP contribution in [0.15, 0.2) is 109 Å². The van der Waals surface area contributed by atoms with E-state index in [0.29, 0.717) is 12.8 Å². The number of hydrogen-bond acceptors (Lipinski definition) is 5. The molecule has 0 amide bonds. The zero-order valence-electron chi connectivity index (χ0n) is 51.4. The topological polar surface area (TPSA) is 72.8 Å². The molecule has 1 N–H and O–H groups in total. The Labute approximate surface area is 484 Å². The van der Waals surface area contributed by atoms with Crippen LogP contribution < -0.4 is 0 Å². The van der Waals surface area contributed by atoms with Gasteiger partial charge in [0.05, 0.1) is 6.61 Å². The Morgan fingerprint density at radius 3 is 0.833 bits per heavy atom. The number of aliphatic hydroxyl groups excluding tert-OH is 1. The molecule has 1 unspecified atom stereocenters. The zero-order chi connectivity index (χ0) is 56.2. The van der Waals surface area contributed by atoms with Crippen molar-refractivity contribution in [3.05, 3.63) is 109 Å². The fourth-order valence-corrected chi connectivity index (χ4v) is 9.57. The standard InChI is InChI=1S/C73H126O5/c1-3-5-7-9-11-13-15-17-19-21-23-25-27-29-30-31-32-33-34-35-36-37-38-39-40-41-42-44-46-48-50-52-54-56-58-60-62-64-66-68-73(76)78-71(69-74)70-77-72(75)67-65-63-61-59-57-55-53-51-49-47-45-43-28-26-24-22-20-18-16-14-12-10-8-6-4-2/h5,7,11,13,16-19,22-25,29-30,32-33,35-36,71,74H,3-4,6,8-10,12,14-15,20-21,26-28,31,34,37-70H2,1-2H3/b7-5-,13-11-,18-16-,19-17-,24-22-,25-23-,30-29-,33-32-,36-35-. The summed E-state index contributed by atoms with van der Waals surface area (Å²) in [6, 6.07) is 0. The average molecular weight is 1080 g/mol. The van der Waals surface area contributed by atoms with Gasteiger partial charge in [-0.25, -0.2) is 0 Å². The highest BCUT2D eigenvalue weighted by Gasteiger charge is 2.16. The van der Waals surface area contributed by atoms with Crippen LogP contribution in [0.4, 0.5) is 0 Å². The van der Waals surface area contributed by atoms with E-state index >= 15 is 0 Å². The van der Waals surface area contributed by atoms with Gasteiger partial charge in [-0.1, -0.05) is 316 Å². The summed E-state index contributed by atoms with van der Waals surface area (Å²) in [5.41, 5.74) is 0. The summed E-state index contributed by atoms with van der Waals surface area (Å²) in [4.78, 5) is 24.6. The molecular formula is C73H126O5. The Hall–Kier alpha value is -3.44. The lowest BCUT2D eigenvalue weighted by molar-refractivity contribution is -0.161. The zero-order valence-corrected chi connectivity index (χ0v) is 51.4. The number of rotatable bonds is 61. The molecule has 0 fully saturated rings. The van der Waals surface area contributed by atoms with Crippen molar-refractivity contribution in [2.45, 2.75) is 328 Å². The summed E-state index contributed by atoms with van der Waals surface area (Å²) in [6.45, 7) is 4.04. The van der Waals surface area contributed by atoms with Crippen molar-refractivity contribution in [1.82, 2.24) is 0 Å². The van der Waals surface area contributed by atoms with Crippen molar-refractivity contribution < 1.29 is 24.2 Å². The molecule has 0 saturated heterocycles. The summed E-state index contributed by atoms with van der Waals surface area (Å²) >= 11 is 0. The van der Waals surface area contributed by atoms with Crippen LogP contribution in [0.3, 0.4) is 0 Å². The largest absolute Gasteiger partial charge is 0.462 e. The fourth-order valence-electron chi connectivity index (χ4n) is 9.57. The van der Waals surface area contributed by atoms with E-state index < -0.39 is 6.10 Å². The molecule has 0 heterocycles. The van der Waals surface area contributed by atoms with Gasteiger partial charge in [-0.05, 0) is 103 Å². The normalized spacial score (nSPS) is 12.9. The van der Waals surface area contributed by atoms with Crippen molar-refractivity contribution >= 4 is 11.9 Å². The first-order chi connectivity index (χ1) is 38.6. The van der Waals surface area contributed by atoms with Crippen molar-refractivity contribution in [1.29, 1.82) is 0 Å². The number of carbonyl (C=O) groups is 2. The van der Waals surface area contributed by atoms with Gasteiger partial charge in [-0.2, -0.15) is 0 Å². The highest BCUT2D eigenvalue weighted by molar-refractivity contribution is 5.70. The smallest absolute Gasteiger partial charge is 0.306 e. The highest BCUT2D eigenvalue weighted by Crippen LogP contribution is 2.17. The van der Waals surface area contributed by atoms with Crippen molar-refractivity contribution in [2.75, 3.05) is 13.2 Å². The van der Waals surface area contributed by atoms with Crippen LogP contribution in [-0.4, -0.2) is 36.4 Å². The Morgan fingerprint density at radius 2 is 0.551 bits per heavy atom. The Kier molecular flexibility index (Phi) is 64.8. The Morgan fingerprint density at radius 1 is 0.308 bits per heavy atom. The maximum Gasteiger partial charge on any atom is 0.306 e. The molecule has 0 aromatic rings. The van der Waals surface area contributed by atoms with E-state index in [4.69, 9.17) is 9.47 Å². The van der Waals surface area contributed by atoms with Gasteiger partial charge in [0, 0.05) is 12.8 Å². The minimum absolute atomic E-state index is 0.0668. The van der Waals surface area contributed by atoms with Crippen LogP contribution in [0.1, 0.15) is 322 Å². The molecular weight excluding hydrogens is 957 g/mol. The summed E-state index contributed by atoms with van der Waals surface area (Å²) in [6.07, 6.45) is 98.1. The monoisotopic (exact) mass is 1080 g/mol. The van der Waals surface area contributed by atoms with Gasteiger partial charge in [0.15, 0.2) is 6.10 Å². The van der Waals surface area contributed by atoms with Gasteiger partial charge >= 0.3 is 11.9 Å². The third kappa shape index (κ3) is 65.1. The minimum atomic E-state index is -0.777. The van der Waals surface area contributed by atoms with Crippen molar-refractivity contribution in [2.24, 2.45) is 0 Å². The lowest BCUT2D eigenvalue weighted by Gasteiger charge is -2.15. The number of unbranched alkanes of at least 4 members (excludes halogenated alkanes) is 35. The summed E-state index contributed by atoms with van der Waals surface area (Å²) in [5, 5.41) is 9.69. The SMILES string of the molecule is CC/C=C\C/C=C\C/C=C\C/C=C\C/C=C\C/C=C\C/C=C\CCCCCCCCCCCCCCCCCCCC(=O)OC(CO)COC(=O)CCCCCCCCCCCCCCC/C=C\C/C=C\CCCCCCC. The van der Waals surface area contributed by atoms with Crippen molar-refractivity contribution in [3.8, 4) is 0 Å². The average Bonchev–Trinajstić information content (AvgIpc) is 3.44. The molecule has 0 spiro atoms. The van der Waals surface area contributed by atoms with Gasteiger partial charge < -0.3 is 14.6 Å². The molecule has 0 aliphatic carbocycles. The number of hydrogen-bond donors (Lipinski definition) is 1. The van der Waals surface area contributed by atoms with E-state index in [1.165, 1.54) is 205 Å². The lowest BCUT2D eigenvalue weighted by Crippen LogP contribution is -2.28. The first-order valence-electron chi connectivity index (χ1n) is 33.4. The lowest BCUT2D eigenvalue weighted by atomic mass is 10.0. The van der Waals surface area contributed by atoms with Crippen LogP contribution in [0.2, 0.25) is 0 Å². The first-order valence-corrected chi connectivity index (χ1v) is 33.4. The van der Waals surface area contributed by atoms with Crippen LogP contribution in [0, 0.1) is 0 Å². The summed E-state index contributed by atoms with van der Waals surface area (Å²) in [7, 11) is 0. The second-order valence-electron chi connectivity index (χ2n) is 22.2. The van der Waals surface area contributed by atoms with E-state index in [-0.39, 0.29) is 25.2 Å². The molecule has 78 heavy (non-hydrogen) atoms. The van der Waals surface area contributed by atoms with Crippen LogP contribution >= 0.6 is 0 Å². The quantitative estimate of drug-likeness (QED) is 0.0373. The molecule has 0 rings (SSSR count). The predicted molar refractivity (Wildman–Crippen MR) is 343 cm³/mol. The Balaban J connectivity index is 3.47. The molecule has 0 aliphatic rings. The molecule has 5 nitrogen and oxygen atoms in total. The van der Waals surface area contributed by atoms with Gasteiger partial charge in [0.1, 0.15) is 6.61 Å². The molecule has 0 radical (unpaired) electrons. The Bertz CT molecular complexity index is 1510. The van der Waals surface area contributed by atoms with Crippen LogP contribution in [0.5, 0.6) is 0 Å². The fraction of sp³-hybridized carbons (Fsp3) is 0.726. The maximum absolute atomic E-state index is 12.4. The van der Waals surface area contributed by atoms with Gasteiger partial charge in [0.25, 0.3) is 0 Å². The third-order valence-electron chi connectivity index (χ3n) is 14.6. The molecule has 448 valence electrons. The second-order valence-corrected chi connectivity index (χ2v) is 22.2. The molecule has 0 aromatic carbocycles. The molecule has 5 heteroatoms. The number of ether oxygens (including phenoxy) is 2. The van der Waals surface area contributed by atoms with Crippen molar-refractivity contribution in [3.63, 3.8) is 0 Å². The molecule has 1 atom stereocenters. The second kappa shape index (κ2) is 67.8. The summed E-state index contributed by atoms with van der Waals surface area (Å²) in [5.74, 6) is -0.582. The summed E-state index contributed by atoms with van der Waals surface area (Å²) < 4.78 is 10.7.